The number of fused-ring (bicyclic) bond motifs is 1. The SMILES string of the molecule is Cc1ccc(-n2nc(C(=O)NC3CCNCC3C)c3c2CCC3)c(F)c1. The smallest absolute Gasteiger partial charge is 0.272 e. The van der Waals surface area contributed by atoms with Crippen molar-refractivity contribution in [3.05, 3.63) is 46.5 Å². The summed E-state index contributed by atoms with van der Waals surface area (Å²) in [6.07, 6.45) is 3.55. The van der Waals surface area contributed by atoms with Crippen LogP contribution in [0.25, 0.3) is 5.69 Å². The highest BCUT2D eigenvalue weighted by molar-refractivity contribution is 5.94. The molecule has 1 aromatic heterocycles. The van der Waals surface area contributed by atoms with Crippen LogP contribution in [0.3, 0.4) is 0 Å². The molecule has 1 fully saturated rings. The van der Waals surface area contributed by atoms with Crippen molar-refractivity contribution in [1.82, 2.24) is 20.4 Å². The van der Waals surface area contributed by atoms with E-state index in [1.54, 1.807) is 10.7 Å². The lowest BCUT2D eigenvalue weighted by Gasteiger charge is -2.30. The highest BCUT2D eigenvalue weighted by atomic mass is 19.1. The maximum absolute atomic E-state index is 14.5. The van der Waals surface area contributed by atoms with Crippen molar-refractivity contribution >= 4 is 5.91 Å². The summed E-state index contributed by atoms with van der Waals surface area (Å²) in [4.78, 5) is 12.9. The van der Waals surface area contributed by atoms with Crippen molar-refractivity contribution in [3.8, 4) is 5.69 Å². The number of benzene rings is 1. The van der Waals surface area contributed by atoms with Crippen LogP contribution in [0.5, 0.6) is 0 Å². The van der Waals surface area contributed by atoms with Gasteiger partial charge in [0, 0.05) is 17.3 Å². The van der Waals surface area contributed by atoms with Gasteiger partial charge in [-0.25, -0.2) is 9.07 Å². The second kappa shape index (κ2) is 6.83. The van der Waals surface area contributed by atoms with Crippen molar-refractivity contribution in [2.24, 2.45) is 5.92 Å². The molecule has 6 heteroatoms. The summed E-state index contributed by atoms with van der Waals surface area (Å²) < 4.78 is 16.1. The fraction of sp³-hybridized carbons (Fsp3) is 0.500. The fourth-order valence-corrected chi connectivity index (χ4v) is 4.07. The quantitative estimate of drug-likeness (QED) is 0.889. The third-order valence-electron chi connectivity index (χ3n) is 5.58. The highest BCUT2D eigenvalue weighted by Crippen LogP contribution is 2.29. The number of nitrogens with one attached hydrogen (secondary N) is 2. The molecule has 0 bridgehead atoms. The molecule has 0 radical (unpaired) electrons. The molecule has 1 saturated heterocycles. The van der Waals surface area contributed by atoms with Gasteiger partial charge in [-0.3, -0.25) is 4.79 Å². The van der Waals surface area contributed by atoms with E-state index in [1.807, 2.05) is 13.0 Å². The number of aryl methyl sites for hydroxylation is 1. The van der Waals surface area contributed by atoms with Gasteiger partial charge in [-0.2, -0.15) is 5.10 Å². The Morgan fingerprint density at radius 1 is 1.38 bits per heavy atom. The van der Waals surface area contributed by atoms with Gasteiger partial charge >= 0.3 is 0 Å². The first-order valence-corrected chi connectivity index (χ1v) is 9.43. The van der Waals surface area contributed by atoms with Crippen molar-refractivity contribution in [1.29, 1.82) is 0 Å². The van der Waals surface area contributed by atoms with Crippen molar-refractivity contribution < 1.29 is 9.18 Å². The Bertz CT molecular complexity index is 845. The Balaban J connectivity index is 1.66. The molecular weight excluding hydrogens is 331 g/mol. The molecule has 1 aromatic carbocycles. The van der Waals surface area contributed by atoms with Gasteiger partial charge in [0.25, 0.3) is 5.91 Å². The van der Waals surface area contributed by atoms with Crippen LogP contribution >= 0.6 is 0 Å². The average molecular weight is 356 g/mol. The van der Waals surface area contributed by atoms with E-state index in [2.05, 4.69) is 22.7 Å². The van der Waals surface area contributed by atoms with Crippen LogP contribution in [0.2, 0.25) is 0 Å². The lowest BCUT2D eigenvalue weighted by molar-refractivity contribution is 0.0907. The van der Waals surface area contributed by atoms with Crippen LogP contribution in [-0.2, 0) is 12.8 Å². The molecule has 1 aliphatic heterocycles. The topological polar surface area (TPSA) is 59.0 Å². The Kier molecular flexibility index (Phi) is 4.53. The Morgan fingerprint density at radius 2 is 2.23 bits per heavy atom. The molecule has 0 saturated carbocycles. The van der Waals surface area contributed by atoms with E-state index in [9.17, 15) is 9.18 Å². The van der Waals surface area contributed by atoms with Crippen molar-refractivity contribution in [2.45, 2.75) is 45.6 Å². The number of hydrogen-bond donors (Lipinski definition) is 2. The van der Waals surface area contributed by atoms with E-state index >= 15 is 0 Å². The standard InChI is InChI=1S/C20H25FN4O/c1-12-6-7-18(15(21)10-12)25-17-5-3-4-14(17)19(24-25)20(26)23-16-8-9-22-11-13(16)2/h6-7,10,13,16,22H,3-5,8-9,11H2,1-2H3,(H,23,26). The molecule has 0 spiro atoms. The molecule has 2 unspecified atom stereocenters. The monoisotopic (exact) mass is 356 g/mol. The van der Waals surface area contributed by atoms with Gasteiger partial charge in [0.15, 0.2) is 5.69 Å². The highest BCUT2D eigenvalue weighted by Gasteiger charge is 2.30. The van der Waals surface area contributed by atoms with Gasteiger partial charge < -0.3 is 10.6 Å². The van der Waals surface area contributed by atoms with E-state index in [0.717, 1.165) is 55.6 Å². The minimum atomic E-state index is -0.305. The van der Waals surface area contributed by atoms with Gasteiger partial charge in [-0.15, -0.1) is 0 Å². The first kappa shape index (κ1) is 17.2. The number of aromatic nitrogens is 2. The zero-order valence-electron chi connectivity index (χ0n) is 15.3. The zero-order chi connectivity index (χ0) is 18.3. The summed E-state index contributed by atoms with van der Waals surface area (Å²) in [5.41, 5.74) is 3.69. The van der Waals surface area contributed by atoms with E-state index in [4.69, 9.17) is 0 Å². The lowest BCUT2D eigenvalue weighted by Crippen LogP contribution is -2.48. The largest absolute Gasteiger partial charge is 0.348 e. The summed E-state index contributed by atoms with van der Waals surface area (Å²) in [6.45, 7) is 5.82. The third kappa shape index (κ3) is 3.03. The number of halogens is 1. The van der Waals surface area contributed by atoms with Crippen molar-refractivity contribution in [2.75, 3.05) is 13.1 Å². The van der Waals surface area contributed by atoms with Gasteiger partial charge in [0.2, 0.25) is 0 Å². The predicted octanol–water partition coefficient (Wildman–Crippen LogP) is 2.54. The number of amides is 1. The second-order valence-corrected chi connectivity index (χ2v) is 7.54. The minimum absolute atomic E-state index is 0.131. The maximum atomic E-state index is 14.5. The van der Waals surface area contributed by atoms with Gasteiger partial charge in [0.05, 0.1) is 0 Å². The van der Waals surface area contributed by atoms with E-state index in [1.165, 1.54) is 6.07 Å². The first-order valence-electron chi connectivity index (χ1n) is 9.43. The first-order chi connectivity index (χ1) is 12.5. The van der Waals surface area contributed by atoms with Crippen LogP contribution in [0.15, 0.2) is 18.2 Å². The van der Waals surface area contributed by atoms with E-state index in [-0.39, 0.29) is 17.8 Å². The number of carbonyl (C=O) groups is 1. The van der Waals surface area contributed by atoms with E-state index in [0.29, 0.717) is 17.3 Å². The Labute approximate surface area is 153 Å². The van der Waals surface area contributed by atoms with Crippen LogP contribution in [0, 0.1) is 18.7 Å². The number of carbonyl (C=O) groups excluding carboxylic acids is 1. The van der Waals surface area contributed by atoms with Crippen molar-refractivity contribution in [3.63, 3.8) is 0 Å². The molecule has 5 nitrogen and oxygen atoms in total. The molecule has 2 atom stereocenters. The fourth-order valence-electron chi connectivity index (χ4n) is 4.07. The Morgan fingerprint density at radius 3 is 3.00 bits per heavy atom. The van der Waals surface area contributed by atoms with E-state index < -0.39 is 0 Å². The van der Waals surface area contributed by atoms with Crippen LogP contribution in [0.4, 0.5) is 4.39 Å². The molecule has 1 aliphatic carbocycles. The minimum Gasteiger partial charge on any atom is -0.348 e. The summed E-state index contributed by atoms with van der Waals surface area (Å²) in [6, 6.07) is 5.28. The van der Waals surface area contributed by atoms with Gasteiger partial charge in [-0.05, 0) is 69.3 Å². The Hall–Kier alpha value is -2.21. The third-order valence-corrected chi connectivity index (χ3v) is 5.58. The molecule has 26 heavy (non-hydrogen) atoms. The summed E-state index contributed by atoms with van der Waals surface area (Å²) in [7, 11) is 0. The van der Waals surface area contributed by atoms with Crippen LogP contribution in [-0.4, -0.2) is 34.8 Å². The molecular formula is C20H25FN4O. The number of piperidine rings is 1. The molecule has 2 heterocycles. The lowest BCUT2D eigenvalue weighted by atomic mass is 9.95. The number of nitrogens with zero attached hydrogens (tertiary/aromatic N) is 2. The van der Waals surface area contributed by atoms with Gasteiger partial charge in [-0.1, -0.05) is 13.0 Å². The molecule has 2 aliphatic rings. The maximum Gasteiger partial charge on any atom is 0.272 e. The second-order valence-electron chi connectivity index (χ2n) is 7.54. The number of rotatable bonds is 3. The molecule has 2 aromatic rings. The zero-order valence-corrected chi connectivity index (χ0v) is 15.3. The van der Waals surface area contributed by atoms with Crippen LogP contribution < -0.4 is 10.6 Å². The van der Waals surface area contributed by atoms with Gasteiger partial charge in [0.1, 0.15) is 11.5 Å². The summed E-state index contributed by atoms with van der Waals surface area (Å²) >= 11 is 0. The number of hydrogen-bond acceptors (Lipinski definition) is 3. The molecule has 138 valence electrons. The average Bonchev–Trinajstić information content (AvgIpc) is 3.20. The summed E-state index contributed by atoms with van der Waals surface area (Å²) in [5, 5.41) is 11.0. The predicted molar refractivity (Wildman–Crippen MR) is 98.2 cm³/mol. The molecule has 2 N–H and O–H groups in total. The summed E-state index contributed by atoms with van der Waals surface area (Å²) in [5.74, 6) is -0.0494. The normalized spacial score (nSPS) is 22.3. The molecule has 4 rings (SSSR count). The van der Waals surface area contributed by atoms with Crippen LogP contribution in [0.1, 0.15) is 47.1 Å². The molecule has 1 amide bonds.